The molecule has 4 rings (SSSR count). The minimum atomic E-state index is 0.398. The molecule has 126 valence electrons. The molecule has 1 unspecified atom stereocenters. The molecule has 0 fully saturated rings. The molecule has 0 radical (unpaired) electrons. The molecule has 2 heterocycles. The maximum absolute atomic E-state index is 4.45. The smallest absolute Gasteiger partial charge is 0.139 e. The number of aryl methyl sites for hydroxylation is 1. The minimum absolute atomic E-state index is 0.398. The van der Waals surface area contributed by atoms with E-state index in [1.807, 2.05) is 24.3 Å². The van der Waals surface area contributed by atoms with Crippen LogP contribution >= 0.6 is 15.9 Å². The molecule has 0 aliphatic carbocycles. The molecule has 2 aromatic carbocycles. The van der Waals surface area contributed by atoms with Gasteiger partial charge in [0.1, 0.15) is 18.0 Å². The molecular weight excluding hydrogens is 376 g/mol. The van der Waals surface area contributed by atoms with Gasteiger partial charge < -0.3 is 10.6 Å². The number of hydrogen-bond donors (Lipinski definition) is 2. The van der Waals surface area contributed by atoms with Gasteiger partial charge in [0.2, 0.25) is 0 Å². The highest BCUT2D eigenvalue weighted by atomic mass is 79.9. The third kappa shape index (κ3) is 3.82. The van der Waals surface area contributed by atoms with E-state index in [4.69, 9.17) is 0 Å². The number of rotatable bonds is 5. The highest BCUT2D eigenvalue weighted by molar-refractivity contribution is 9.10. The van der Waals surface area contributed by atoms with Gasteiger partial charge in [0, 0.05) is 21.8 Å². The van der Waals surface area contributed by atoms with Crippen LogP contribution in [0.25, 0.3) is 0 Å². The van der Waals surface area contributed by atoms with Gasteiger partial charge in [-0.25, -0.2) is 9.97 Å². The summed E-state index contributed by atoms with van der Waals surface area (Å²) in [5.41, 5.74) is 3.56. The summed E-state index contributed by atoms with van der Waals surface area (Å²) in [5.74, 6) is 1.84. The van der Waals surface area contributed by atoms with Crippen molar-refractivity contribution < 1.29 is 0 Å². The second-order valence-corrected chi connectivity index (χ2v) is 7.17. The maximum Gasteiger partial charge on any atom is 0.139 e. The van der Waals surface area contributed by atoms with Gasteiger partial charge in [-0.3, -0.25) is 0 Å². The summed E-state index contributed by atoms with van der Waals surface area (Å²) in [7, 11) is 0. The van der Waals surface area contributed by atoms with Crippen LogP contribution in [0.2, 0.25) is 0 Å². The molecule has 5 heteroatoms. The summed E-state index contributed by atoms with van der Waals surface area (Å²) in [5, 5.41) is 6.96. The number of halogens is 1. The summed E-state index contributed by atoms with van der Waals surface area (Å²) in [6.45, 7) is 0. The first-order valence-corrected chi connectivity index (χ1v) is 9.24. The Labute approximate surface area is 155 Å². The van der Waals surface area contributed by atoms with Crippen LogP contribution in [0.5, 0.6) is 0 Å². The SMILES string of the molecule is Brc1cccc(Nc2ncnc3c2CC(CCc2ccccc2)N3)c1. The van der Waals surface area contributed by atoms with E-state index in [1.165, 1.54) is 11.1 Å². The summed E-state index contributed by atoms with van der Waals surface area (Å²) < 4.78 is 1.04. The van der Waals surface area contributed by atoms with Crippen molar-refractivity contribution in [2.45, 2.75) is 25.3 Å². The van der Waals surface area contributed by atoms with Gasteiger partial charge in [-0.05, 0) is 43.0 Å². The number of hydrogen-bond acceptors (Lipinski definition) is 4. The predicted octanol–water partition coefficient (Wildman–Crippen LogP) is 4.95. The predicted molar refractivity (Wildman–Crippen MR) is 105 cm³/mol. The van der Waals surface area contributed by atoms with Crippen molar-refractivity contribution in [3.05, 3.63) is 76.5 Å². The third-order valence-electron chi connectivity index (χ3n) is 4.45. The first-order valence-electron chi connectivity index (χ1n) is 8.45. The number of nitrogens with one attached hydrogen (secondary N) is 2. The van der Waals surface area contributed by atoms with Crippen LogP contribution in [0.4, 0.5) is 17.3 Å². The highest BCUT2D eigenvalue weighted by Gasteiger charge is 2.25. The fourth-order valence-electron chi connectivity index (χ4n) is 3.19. The van der Waals surface area contributed by atoms with Crippen molar-refractivity contribution in [2.75, 3.05) is 10.6 Å². The molecule has 2 N–H and O–H groups in total. The zero-order chi connectivity index (χ0) is 17.1. The standard InChI is InChI=1S/C20H19BrN4/c21-15-7-4-8-16(11-15)24-19-18-12-17(25-20(18)23-13-22-19)10-9-14-5-2-1-3-6-14/h1-8,11,13,17H,9-10,12H2,(H2,22,23,24,25). The van der Waals surface area contributed by atoms with E-state index < -0.39 is 0 Å². The summed E-state index contributed by atoms with van der Waals surface area (Å²) in [4.78, 5) is 8.86. The maximum atomic E-state index is 4.45. The van der Waals surface area contributed by atoms with E-state index >= 15 is 0 Å². The van der Waals surface area contributed by atoms with Crippen LogP contribution < -0.4 is 10.6 Å². The van der Waals surface area contributed by atoms with Crippen molar-refractivity contribution in [3.63, 3.8) is 0 Å². The lowest BCUT2D eigenvalue weighted by Crippen LogP contribution is -2.16. The third-order valence-corrected chi connectivity index (χ3v) is 4.94. The molecule has 3 aromatic rings. The Bertz CT molecular complexity index is 867. The van der Waals surface area contributed by atoms with Crippen molar-refractivity contribution in [3.8, 4) is 0 Å². The van der Waals surface area contributed by atoms with Crippen LogP contribution in [0, 0.1) is 0 Å². The molecule has 1 aromatic heterocycles. The second kappa shape index (κ2) is 7.23. The van der Waals surface area contributed by atoms with Crippen molar-refractivity contribution in [1.82, 2.24) is 9.97 Å². The number of benzene rings is 2. The molecule has 0 bridgehead atoms. The Morgan fingerprint density at radius 1 is 1.08 bits per heavy atom. The Kier molecular flexibility index (Phi) is 4.65. The fraction of sp³-hybridized carbons (Fsp3) is 0.200. The zero-order valence-corrected chi connectivity index (χ0v) is 15.3. The van der Waals surface area contributed by atoms with Gasteiger partial charge in [-0.15, -0.1) is 0 Å². The van der Waals surface area contributed by atoms with E-state index in [2.05, 4.69) is 66.9 Å². The van der Waals surface area contributed by atoms with E-state index in [0.717, 1.165) is 41.1 Å². The average molecular weight is 395 g/mol. The molecule has 0 spiro atoms. The van der Waals surface area contributed by atoms with Crippen molar-refractivity contribution in [1.29, 1.82) is 0 Å². The lowest BCUT2D eigenvalue weighted by Gasteiger charge is -2.10. The molecule has 25 heavy (non-hydrogen) atoms. The van der Waals surface area contributed by atoms with Gasteiger partial charge in [-0.1, -0.05) is 52.3 Å². The molecule has 0 saturated carbocycles. The topological polar surface area (TPSA) is 49.8 Å². The zero-order valence-electron chi connectivity index (χ0n) is 13.7. The summed E-state index contributed by atoms with van der Waals surface area (Å²) >= 11 is 3.51. The highest BCUT2D eigenvalue weighted by Crippen LogP contribution is 2.32. The molecular formula is C20H19BrN4. The second-order valence-electron chi connectivity index (χ2n) is 6.25. The lowest BCUT2D eigenvalue weighted by molar-refractivity contribution is 0.674. The van der Waals surface area contributed by atoms with E-state index in [-0.39, 0.29) is 0 Å². The van der Waals surface area contributed by atoms with Crippen LogP contribution in [0.1, 0.15) is 17.5 Å². The molecule has 0 saturated heterocycles. The summed E-state index contributed by atoms with van der Waals surface area (Å²) in [6.07, 6.45) is 4.70. The molecule has 1 atom stereocenters. The lowest BCUT2D eigenvalue weighted by atomic mass is 10.0. The number of fused-ring (bicyclic) bond motifs is 1. The number of aromatic nitrogens is 2. The quantitative estimate of drug-likeness (QED) is 0.642. The monoisotopic (exact) mass is 394 g/mol. The van der Waals surface area contributed by atoms with Crippen LogP contribution in [-0.4, -0.2) is 16.0 Å². The van der Waals surface area contributed by atoms with Crippen LogP contribution in [0.15, 0.2) is 65.4 Å². The van der Waals surface area contributed by atoms with Gasteiger partial charge in [0.15, 0.2) is 0 Å². The van der Waals surface area contributed by atoms with Crippen LogP contribution in [-0.2, 0) is 12.8 Å². The molecule has 1 aliphatic rings. The normalized spacial score (nSPS) is 15.5. The Hall–Kier alpha value is -2.40. The largest absolute Gasteiger partial charge is 0.367 e. The minimum Gasteiger partial charge on any atom is -0.367 e. The van der Waals surface area contributed by atoms with E-state index in [0.29, 0.717) is 6.04 Å². The molecule has 1 aliphatic heterocycles. The van der Waals surface area contributed by atoms with E-state index in [9.17, 15) is 0 Å². The van der Waals surface area contributed by atoms with Gasteiger partial charge in [0.05, 0.1) is 0 Å². The van der Waals surface area contributed by atoms with Crippen molar-refractivity contribution >= 4 is 33.3 Å². The Morgan fingerprint density at radius 2 is 1.96 bits per heavy atom. The first-order chi connectivity index (χ1) is 12.3. The van der Waals surface area contributed by atoms with Crippen molar-refractivity contribution in [2.24, 2.45) is 0 Å². The number of anilines is 3. The van der Waals surface area contributed by atoms with Gasteiger partial charge in [0.25, 0.3) is 0 Å². The Morgan fingerprint density at radius 3 is 2.80 bits per heavy atom. The average Bonchev–Trinajstić information content (AvgIpc) is 3.05. The molecule has 0 amide bonds. The molecule has 4 nitrogen and oxygen atoms in total. The first kappa shape index (κ1) is 16.1. The Balaban J connectivity index is 1.46. The summed E-state index contributed by atoms with van der Waals surface area (Å²) in [6, 6.07) is 19.1. The van der Waals surface area contributed by atoms with E-state index in [1.54, 1.807) is 6.33 Å². The van der Waals surface area contributed by atoms with Gasteiger partial charge in [-0.2, -0.15) is 0 Å². The number of nitrogens with zero attached hydrogens (tertiary/aromatic N) is 2. The van der Waals surface area contributed by atoms with Crippen LogP contribution in [0.3, 0.4) is 0 Å². The van der Waals surface area contributed by atoms with Gasteiger partial charge >= 0.3 is 0 Å². The fourth-order valence-corrected chi connectivity index (χ4v) is 3.59.